The zero-order chi connectivity index (χ0) is 14.5. The summed E-state index contributed by atoms with van der Waals surface area (Å²) in [6.07, 6.45) is 2.69. The molecule has 1 aliphatic heterocycles. The number of pyridine rings is 1. The fourth-order valence-electron chi connectivity index (χ4n) is 2.27. The van der Waals surface area contributed by atoms with Crippen LogP contribution in [-0.4, -0.2) is 43.2 Å². The van der Waals surface area contributed by atoms with E-state index < -0.39 is 0 Å². The van der Waals surface area contributed by atoms with Gasteiger partial charge in [0.25, 0.3) is 0 Å². The largest absolute Gasteiger partial charge is 0.377 e. The van der Waals surface area contributed by atoms with Crippen LogP contribution in [0.4, 0.5) is 5.82 Å². The highest BCUT2D eigenvalue weighted by molar-refractivity contribution is 9.10. The fraction of sp³-hybridized carbons (Fsp3) is 0.571. The van der Waals surface area contributed by atoms with Crippen LogP contribution in [0.25, 0.3) is 0 Å². The van der Waals surface area contributed by atoms with E-state index in [0.717, 1.165) is 22.3 Å². The van der Waals surface area contributed by atoms with Crippen molar-refractivity contribution in [1.29, 1.82) is 0 Å². The molecule has 1 unspecified atom stereocenters. The number of carbonyl (C=O) groups is 1. The van der Waals surface area contributed by atoms with E-state index in [0.29, 0.717) is 26.3 Å². The van der Waals surface area contributed by atoms with Gasteiger partial charge < -0.3 is 15.0 Å². The third kappa shape index (κ3) is 3.49. The number of amides is 1. The van der Waals surface area contributed by atoms with Gasteiger partial charge in [0.1, 0.15) is 11.9 Å². The van der Waals surface area contributed by atoms with E-state index in [4.69, 9.17) is 4.74 Å². The Labute approximate surface area is 127 Å². The summed E-state index contributed by atoms with van der Waals surface area (Å²) >= 11 is 3.41. The van der Waals surface area contributed by atoms with Gasteiger partial charge in [0.15, 0.2) is 0 Å². The summed E-state index contributed by atoms with van der Waals surface area (Å²) in [6, 6.07) is 1.71. The molecule has 0 aromatic carbocycles. The van der Waals surface area contributed by atoms with Crippen molar-refractivity contribution in [2.75, 3.05) is 31.2 Å². The molecule has 0 bridgehead atoms. The number of rotatable bonds is 4. The molecule has 20 heavy (non-hydrogen) atoms. The van der Waals surface area contributed by atoms with Crippen LogP contribution in [0.2, 0.25) is 0 Å². The normalized spacial score (nSPS) is 18.9. The average molecular weight is 342 g/mol. The summed E-state index contributed by atoms with van der Waals surface area (Å²) in [6.45, 7) is 6.44. The van der Waals surface area contributed by atoms with Gasteiger partial charge in [-0.2, -0.15) is 0 Å². The smallest absolute Gasteiger partial charge is 0.245 e. The van der Waals surface area contributed by atoms with Gasteiger partial charge in [-0.3, -0.25) is 4.79 Å². The van der Waals surface area contributed by atoms with Crippen molar-refractivity contribution in [3.63, 3.8) is 0 Å². The van der Waals surface area contributed by atoms with Crippen LogP contribution in [0.5, 0.6) is 0 Å². The van der Waals surface area contributed by atoms with Crippen molar-refractivity contribution < 1.29 is 9.53 Å². The summed E-state index contributed by atoms with van der Waals surface area (Å²) < 4.78 is 6.40. The van der Waals surface area contributed by atoms with Crippen molar-refractivity contribution in [2.45, 2.75) is 26.3 Å². The summed E-state index contributed by atoms with van der Waals surface area (Å²) in [5.41, 5.74) is 1.05. The zero-order valence-corrected chi connectivity index (χ0v) is 13.4. The highest BCUT2D eigenvalue weighted by Crippen LogP contribution is 2.24. The Hall–Kier alpha value is -1.14. The number of ether oxygens (including phenoxy) is 1. The van der Waals surface area contributed by atoms with Crippen LogP contribution in [0, 0.1) is 6.92 Å². The maximum Gasteiger partial charge on any atom is 0.245 e. The van der Waals surface area contributed by atoms with Crippen LogP contribution in [0.1, 0.15) is 18.9 Å². The second kappa shape index (κ2) is 7.04. The second-order valence-corrected chi connectivity index (χ2v) is 5.78. The maximum atomic E-state index is 12.2. The fourth-order valence-corrected chi connectivity index (χ4v) is 2.72. The molecule has 0 radical (unpaired) electrons. The van der Waals surface area contributed by atoms with E-state index in [-0.39, 0.29) is 11.9 Å². The van der Waals surface area contributed by atoms with E-state index >= 15 is 0 Å². The Kier molecular flexibility index (Phi) is 5.37. The SMILES string of the molecule is CCCNC(=O)C1COCCN1c1ncc(Br)cc1C. The van der Waals surface area contributed by atoms with E-state index in [1.54, 1.807) is 6.20 Å². The lowest BCUT2D eigenvalue weighted by molar-refractivity contribution is -0.124. The number of morpholine rings is 1. The summed E-state index contributed by atoms with van der Waals surface area (Å²) in [5, 5.41) is 2.93. The van der Waals surface area contributed by atoms with Crippen LogP contribution in [-0.2, 0) is 9.53 Å². The highest BCUT2D eigenvalue weighted by atomic mass is 79.9. The lowest BCUT2D eigenvalue weighted by Crippen LogP contribution is -2.54. The minimum absolute atomic E-state index is 0.00988. The first-order valence-corrected chi connectivity index (χ1v) is 7.67. The van der Waals surface area contributed by atoms with Crippen molar-refractivity contribution >= 4 is 27.7 Å². The Morgan fingerprint density at radius 3 is 3.15 bits per heavy atom. The number of nitrogens with zero attached hydrogens (tertiary/aromatic N) is 2. The zero-order valence-electron chi connectivity index (χ0n) is 11.9. The summed E-state index contributed by atoms with van der Waals surface area (Å²) in [7, 11) is 0. The number of halogens is 1. The van der Waals surface area contributed by atoms with Gasteiger partial charge in [-0.15, -0.1) is 0 Å². The standard InChI is InChI=1S/C14H20BrN3O2/c1-3-4-16-14(19)12-9-20-6-5-18(12)13-10(2)7-11(15)8-17-13/h7-8,12H,3-6,9H2,1-2H3,(H,16,19). The molecule has 1 fully saturated rings. The van der Waals surface area contributed by atoms with Gasteiger partial charge in [0, 0.05) is 23.8 Å². The molecule has 0 saturated carbocycles. The Bertz CT molecular complexity index is 481. The third-order valence-electron chi connectivity index (χ3n) is 3.27. The molecule has 1 aromatic rings. The lowest BCUT2D eigenvalue weighted by Gasteiger charge is -2.36. The van der Waals surface area contributed by atoms with E-state index in [2.05, 4.69) is 26.2 Å². The van der Waals surface area contributed by atoms with Gasteiger partial charge in [-0.1, -0.05) is 6.92 Å². The maximum absolute atomic E-state index is 12.2. The molecule has 110 valence electrons. The lowest BCUT2D eigenvalue weighted by atomic mass is 10.1. The minimum Gasteiger partial charge on any atom is -0.377 e. The molecule has 1 amide bonds. The van der Waals surface area contributed by atoms with Crippen LogP contribution < -0.4 is 10.2 Å². The number of anilines is 1. The predicted octanol–water partition coefficient (Wildman–Crippen LogP) is 1.88. The number of aryl methyl sites for hydroxylation is 1. The molecular weight excluding hydrogens is 322 g/mol. The Morgan fingerprint density at radius 2 is 2.45 bits per heavy atom. The summed E-state index contributed by atoms with van der Waals surface area (Å²) in [5.74, 6) is 0.865. The molecule has 1 aliphatic rings. The third-order valence-corrected chi connectivity index (χ3v) is 3.70. The second-order valence-electron chi connectivity index (χ2n) is 4.87. The molecular formula is C14H20BrN3O2. The first-order valence-electron chi connectivity index (χ1n) is 6.87. The van der Waals surface area contributed by atoms with Gasteiger partial charge in [-0.05, 0) is 40.9 Å². The molecule has 6 heteroatoms. The van der Waals surface area contributed by atoms with E-state index in [9.17, 15) is 4.79 Å². The summed E-state index contributed by atoms with van der Waals surface area (Å²) in [4.78, 5) is 18.7. The molecule has 2 heterocycles. The van der Waals surface area contributed by atoms with Crippen LogP contribution in [0.15, 0.2) is 16.7 Å². The molecule has 0 aliphatic carbocycles. The molecule has 2 rings (SSSR count). The van der Waals surface area contributed by atoms with E-state index in [1.165, 1.54) is 0 Å². The molecule has 1 aromatic heterocycles. The van der Waals surface area contributed by atoms with Crippen molar-refractivity contribution in [2.24, 2.45) is 0 Å². The van der Waals surface area contributed by atoms with Crippen molar-refractivity contribution in [3.8, 4) is 0 Å². The molecule has 5 nitrogen and oxygen atoms in total. The van der Waals surface area contributed by atoms with Gasteiger partial charge in [0.2, 0.25) is 5.91 Å². The van der Waals surface area contributed by atoms with Crippen molar-refractivity contribution in [3.05, 3.63) is 22.3 Å². The number of carbonyl (C=O) groups excluding carboxylic acids is 1. The van der Waals surface area contributed by atoms with Gasteiger partial charge in [-0.25, -0.2) is 4.98 Å². The molecule has 1 saturated heterocycles. The first kappa shape index (κ1) is 15.3. The Balaban J connectivity index is 2.19. The number of nitrogens with one attached hydrogen (secondary N) is 1. The first-order chi connectivity index (χ1) is 9.63. The van der Waals surface area contributed by atoms with Gasteiger partial charge >= 0.3 is 0 Å². The quantitative estimate of drug-likeness (QED) is 0.908. The molecule has 1 N–H and O–H groups in total. The monoisotopic (exact) mass is 341 g/mol. The van der Waals surface area contributed by atoms with Gasteiger partial charge in [0.05, 0.1) is 13.2 Å². The van der Waals surface area contributed by atoms with Crippen molar-refractivity contribution in [1.82, 2.24) is 10.3 Å². The van der Waals surface area contributed by atoms with Crippen LogP contribution >= 0.6 is 15.9 Å². The van der Waals surface area contributed by atoms with Crippen LogP contribution in [0.3, 0.4) is 0 Å². The Morgan fingerprint density at radius 1 is 1.65 bits per heavy atom. The highest BCUT2D eigenvalue weighted by Gasteiger charge is 2.30. The predicted molar refractivity (Wildman–Crippen MR) is 81.9 cm³/mol. The molecule has 1 atom stereocenters. The number of aromatic nitrogens is 1. The topological polar surface area (TPSA) is 54.5 Å². The number of hydrogen-bond acceptors (Lipinski definition) is 4. The molecule has 0 spiro atoms. The minimum atomic E-state index is -0.303. The number of hydrogen-bond donors (Lipinski definition) is 1. The van der Waals surface area contributed by atoms with E-state index in [1.807, 2.05) is 24.8 Å². The average Bonchev–Trinajstić information content (AvgIpc) is 2.45.